The van der Waals surface area contributed by atoms with E-state index in [2.05, 4.69) is 4.90 Å². The van der Waals surface area contributed by atoms with Crippen molar-refractivity contribution in [2.24, 2.45) is 5.92 Å². The van der Waals surface area contributed by atoms with Crippen molar-refractivity contribution in [1.29, 1.82) is 0 Å². The first-order valence-corrected chi connectivity index (χ1v) is 4.28. The lowest BCUT2D eigenvalue weighted by Gasteiger charge is -2.35. The van der Waals surface area contributed by atoms with E-state index in [1.165, 1.54) is 0 Å². The van der Waals surface area contributed by atoms with Crippen molar-refractivity contribution >= 4 is 17.4 Å². The van der Waals surface area contributed by atoms with Gasteiger partial charge in [0.2, 0.25) is 0 Å². The SMILES string of the molecule is O=C1CCN2CC1CC=C2Cl. The standard InChI is InChI=1S/C8H10ClNO/c9-8-2-1-6-5-10(8)4-3-7(6)11/h2,6H,1,3-5H2. The molecule has 0 amide bonds. The Kier molecular flexibility index (Phi) is 1.64. The maximum atomic E-state index is 11.2. The van der Waals surface area contributed by atoms with Crippen LogP contribution < -0.4 is 0 Å². The molecule has 2 nitrogen and oxygen atoms in total. The Morgan fingerprint density at radius 1 is 1.64 bits per heavy atom. The van der Waals surface area contributed by atoms with Gasteiger partial charge < -0.3 is 4.90 Å². The third kappa shape index (κ3) is 1.16. The normalized spacial score (nSPS) is 30.3. The molecule has 0 spiro atoms. The fraction of sp³-hybridized carbons (Fsp3) is 0.625. The Morgan fingerprint density at radius 3 is 3.27 bits per heavy atom. The van der Waals surface area contributed by atoms with Crippen LogP contribution in [0.3, 0.4) is 0 Å². The lowest BCUT2D eigenvalue weighted by molar-refractivity contribution is -0.125. The summed E-state index contributed by atoms with van der Waals surface area (Å²) in [5.41, 5.74) is 0. The molecule has 0 aliphatic carbocycles. The molecule has 2 bridgehead atoms. The minimum atomic E-state index is 0.228. The highest BCUT2D eigenvalue weighted by atomic mass is 35.5. The van der Waals surface area contributed by atoms with Gasteiger partial charge in [-0.2, -0.15) is 0 Å². The van der Waals surface area contributed by atoms with E-state index in [0.29, 0.717) is 12.2 Å². The van der Waals surface area contributed by atoms with Crippen LogP contribution in [0.2, 0.25) is 0 Å². The molecule has 2 heterocycles. The highest BCUT2D eigenvalue weighted by Crippen LogP contribution is 2.27. The number of rotatable bonds is 0. The van der Waals surface area contributed by atoms with E-state index in [0.717, 1.165) is 24.7 Å². The molecule has 1 saturated heterocycles. The van der Waals surface area contributed by atoms with Crippen molar-refractivity contribution in [1.82, 2.24) is 4.90 Å². The van der Waals surface area contributed by atoms with Gasteiger partial charge in [0.1, 0.15) is 10.9 Å². The second kappa shape index (κ2) is 2.52. The third-order valence-electron chi connectivity index (χ3n) is 2.40. The molecule has 0 saturated carbocycles. The Balaban J connectivity index is 2.21. The zero-order valence-electron chi connectivity index (χ0n) is 6.22. The van der Waals surface area contributed by atoms with Crippen LogP contribution in [0.5, 0.6) is 0 Å². The number of carbonyl (C=O) groups excluding carboxylic acids is 1. The van der Waals surface area contributed by atoms with E-state index < -0.39 is 0 Å². The van der Waals surface area contributed by atoms with Gasteiger partial charge in [-0.25, -0.2) is 0 Å². The van der Waals surface area contributed by atoms with Gasteiger partial charge in [-0.05, 0) is 12.5 Å². The highest BCUT2D eigenvalue weighted by Gasteiger charge is 2.30. The van der Waals surface area contributed by atoms with E-state index in [1.54, 1.807) is 0 Å². The maximum Gasteiger partial charge on any atom is 0.139 e. The van der Waals surface area contributed by atoms with Crippen LogP contribution in [0, 0.1) is 5.92 Å². The van der Waals surface area contributed by atoms with E-state index in [9.17, 15) is 4.79 Å². The number of piperidine rings is 1. The monoisotopic (exact) mass is 171 g/mol. The van der Waals surface area contributed by atoms with Crippen molar-refractivity contribution in [3.63, 3.8) is 0 Å². The molecular formula is C8H10ClNO. The zero-order valence-corrected chi connectivity index (χ0v) is 6.97. The van der Waals surface area contributed by atoms with Gasteiger partial charge in [-0.1, -0.05) is 11.6 Å². The minimum absolute atomic E-state index is 0.228. The first-order chi connectivity index (χ1) is 5.27. The molecule has 3 heteroatoms. The second-order valence-electron chi connectivity index (χ2n) is 3.12. The van der Waals surface area contributed by atoms with Crippen LogP contribution in [-0.4, -0.2) is 23.8 Å². The van der Waals surface area contributed by atoms with E-state index in [-0.39, 0.29) is 5.92 Å². The summed E-state index contributed by atoms with van der Waals surface area (Å²) in [6.07, 6.45) is 3.47. The van der Waals surface area contributed by atoms with Gasteiger partial charge in [-0.15, -0.1) is 0 Å². The molecule has 0 aromatic rings. The molecule has 2 aliphatic heterocycles. The molecule has 0 aromatic carbocycles. The average Bonchev–Trinajstić information content (AvgIpc) is 2.02. The Hall–Kier alpha value is -0.500. The van der Waals surface area contributed by atoms with Crippen molar-refractivity contribution in [2.75, 3.05) is 13.1 Å². The minimum Gasteiger partial charge on any atom is -0.361 e. The van der Waals surface area contributed by atoms with Gasteiger partial charge in [-0.3, -0.25) is 4.79 Å². The van der Waals surface area contributed by atoms with Gasteiger partial charge in [0.25, 0.3) is 0 Å². The van der Waals surface area contributed by atoms with Crippen LogP contribution in [0.25, 0.3) is 0 Å². The summed E-state index contributed by atoms with van der Waals surface area (Å²) in [5, 5.41) is 0.828. The lowest BCUT2D eigenvalue weighted by Crippen LogP contribution is -2.41. The van der Waals surface area contributed by atoms with Crippen LogP contribution in [0.4, 0.5) is 0 Å². The first-order valence-electron chi connectivity index (χ1n) is 3.90. The number of hydrogen-bond acceptors (Lipinski definition) is 2. The first kappa shape index (κ1) is 7.17. The van der Waals surface area contributed by atoms with Crippen molar-refractivity contribution < 1.29 is 4.79 Å². The quantitative estimate of drug-likeness (QED) is 0.513. The molecule has 11 heavy (non-hydrogen) atoms. The molecule has 60 valence electrons. The summed E-state index contributed by atoms with van der Waals surface area (Å²) >= 11 is 5.91. The smallest absolute Gasteiger partial charge is 0.139 e. The van der Waals surface area contributed by atoms with Gasteiger partial charge in [0, 0.05) is 25.4 Å². The van der Waals surface area contributed by atoms with Crippen molar-refractivity contribution in [3.05, 3.63) is 11.2 Å². The van der Waals surface area contributed by atoms with Crippen LogP contribution >= 0.6 is 11.6 Å². The molecule has 2 rings (SSSR count). The fourth-order valence-electron chi connectivity index (χ4n) is 1.68. The summed E-state index contributed by atoms with van der Waals surface area (Å²) < 4.78 is 0. The van der Waals surface area contributed by atoms with Gasteiger partial charge >= 0.3 is 0 Å². The molecule has 0 aromatic heterocycles. The van der Waals surface area contributed by atoms with E-state index in [1.807, 2.05) is 6.08 Å². The summed E-state index contributed by atoms with van der Waals surface area (Å²) in [4.78, 5) is 13.3. The Morgan fingerprint density at radius 2 is 2.45 bits per heavy atom. The summed E-state index contributed by atoms with van der Waals surface area (Å²) in [6.45, 7) is 1.65. The summed E-state index contributed by atoms with van der Waals surface area (Å²) in [5.74, 6) is 0.632. The molecule has 1 unspecified atom stereocenters. The Bertz CT molecular complexity index is 224. The van der Waals surface area contributed by atoms with Gasteiger partial charge in [0.15, 0.2) is 0 Å². The average molecular weight is 172 g/mol. The molecular weight excluding hydrogens is 162 g/mol. The predicted octanol–water partition coefficient (Wildman–Crippen LogP) is 1.36. The largest absolute Gasteiger partial charge is 0.361 e. The molecule has 1 atom stereocenters. The topological polar surface area (TPSA) is 20.3 Å². The number of Topliss-reactive ketones (excluding diaryl/α,β-unsaturated/α-hetero) is 1. The number of halogens is 1. The lowest BCUT2D eigenvalue weighted by atomic mass is 9.91. The van der Waals surface area contributed by atoms with Crippen molar-refractivity contribution in [2.45, 2.75) is 12.8 Å². The fourth-order valence-corrected chi connectivity index (χ4v) is 1.92. The molecule has 0 N–H and O–H groups in total. The van der Waals surface area contributed by atoms with Gasteiger partial charge in [0.05, 0.1) is 0 Å². The summed E-state index contributed by atoms with van der Waals surface area (Å²) in [7, 11) is 0. The number of hydrogen-bond donors (Lipinski definition) is 0. The Labute approximate surface area is 70.8 Å². The molecule has 1 fully saturated rings. The molecule has 0 radical (unpaired) electrons. The zero-order chi connectivity index (χ0) is 7.84. The summed E-state index contributed by atoms with van der Waals surface area (Å²) in [6, 6.07) is 0. The van der Waals surface area contributed by atoms with Crippen LogP contribution in [0.15, 0.2) is 11.2 Å². The van der Waals surface area contributed by atoms with E-state index in [4.69, 9.17) is 11.6 Å². The number of ketones is 1. The number of allylic oxidation sites excluding steroid dienone is 1. The number of carbonyl (C=O) groups is 1. The van der Waals surface area contributed by atoms with Crippen molar-refractivity contribution in [3.8, 4) is 0 Å². The van der Waals surface area contributed by atoms with Crippen LogP contribution in [-0.2, 0) is 4.79 Å². The van der Waals surface area contributed by atoms with Crippen LogP contribution in [0.1, 0.15) is 12.8 Å². The number of nitrogens with zero attached hydrogens (tertiary/aromatic N) is 1. The third-order valence-corrected chi connectivity index (χ3v) is 2.79. The highest BCUT2D eigenvalue weighted by molar-refractivity contribution is 6.29. The van der Waals surface area contributed by atoms with E-state index >= 15 is 0 Å². The maximum absolute atomic E-state index is 11.2. The second-order valence-corrected chi connectivity index (χ2v) is 3.51. The number of fused-ring (bicyclic) bond motifs is 2. The molecule has 2 aliphatic rings. The predicted molar refractivity (Wildman–Crippen MR) is 43.2 cm³/mol.